The van der Waals surface area contributed by atoms with E-state index < -0.39 is 53.3 Å². The number of urea groups is 1. The van der Waals surface area contributed by atoms with Gasteiger partial charge in [0.25, 0.3) is 5.56 Å². The van der Waals surface area contributed by atoms with Gasteiger partial charge >= 0.3 is 23.2 Å². The van der Waals surface area contributed by atoms with Crippen LogP contribution in [0.25, 0.3) is 11.2 Å². The molecule has 13 nitrogen and oxygen atoms in total. The van der Waals surface area contributed by atoms with Crippen molar-refractivity contribution in [2.75, 3.05) is 26.0 Å². The molecule has 0 aromatic carbocycles. The molecule has 15 heteroatoms. The lowest BCUT2D eigenvalue weighted by molar-refractivity contribution is -0.0570. The van der Waals surface area contributed by atoms with Crippen molar-refractivity contribution >= 4 is 40.3 Å². The fourth-order valence-corrected chi connectivity index (χ4v) is 17.0. The van der Waals surface area contributed by atoms with Gasteiger partial charge in [0.2, 0.25) is 5.95 Å². The third-order valence-corrected chi connectivity index (χ3v) is 18.2. The highest BCUT2D eigenvalue weighted by Gasteiger charge is 2.61. The SMILES string of the molecule is CC(C)[Si]1(C(C)C)OC[C@H]2O[C@@H](n3cnc4c(=O)[nH]c(NC(=O)N(C)C)nc43)[C@H](O)[C@@H]2O[Si](C(C)C)(C(C)C)O1. The molecule has 2 amide bonds. The smallest absolute Gasteiger partial charge is 0.335 e. The molecule has 2 fully saturated rings. The Balaban J connectivity index is 1.76. The van der Waals surface area contributed by atoms with Gasteiger partial charge < -0.3 is 27.7 Å². The maximum absolute atomic E-state index is 12.7. The molecule has 0 unspecified atom stereocenters. The molecule has 0 spiro atoms. The molecule has 3 N–H and O–H groups in total. The van der Waals surface area contributed by atoms with Crippen molar-refractivity contribution in [2.45, 2.75) is 102 Å². The fourth-order valence-electron chi connectivity index (χ4n) is 5.75. The highest BCUT2D eigenvalue weighted by molar-refractivity contribution is 6.84. The summed E-state index contributed by atoms with van der Waals surface area (Å²) >= 11 is 0. The minimum absolute atomic E-state index is 0.0415. The van der Waals surface area contributed by atoms with Gasteiger partial charge in [-0.15, -0.1) is 0 Å². The molecular weight excluding hydrogens is 552 g/mol. The first-order valence-electron chi connectivity index (χ1n) is 13.9. The average Bonchev–Trinajstić information content (AvgIpc) is 3.39. The first-order chi connectivity index (χ1) is 18.6. The minimum Gasteiger partial charge on any atom is -0.414 e. The van der Waals surface area contributed by atoms with E-state index in [2.05, 4.69) is 75.7 Å². The fraction of sp³-hybridized carbons (Fsp3) is 0.760. The Morgan fingerprint density at radius 3 is 2.25 bits per heavy atom. The van der Waals surface area contributed by atoms with Gasteiger partial charge in [-0.1, -0.05) is 55.4 Å². The quantitative estimate of drug-likeness (QED) is 0.426. The standard InChI is InChI=1S/C25H44N6O7Si2/c1-13(2)39(14(3)4)35-11-17-20(37-40(38-39,15(5)6)16(7)8)19(32)23(36-17)31-12-26-18-21(31)27-24(28-22(18)33)29-25(34)30(9)10/h12-17,19-20,23,32H,11H2,1-10H3,(H2,27,28,29,33,34)/t17-,19-,20-,23-/m1/s1. The first-order valence-corrected chi connectivity index (χ1v) is 17.9. The average molecular weight is 597 g/mol. The number of amides is 2. The van der Waals surface area contributed by atoms with E-state index in [4.69, 9.17) is 17.7 Å². The second kappa shape index (κ2) is 11.3. The third kappa shape index (κ3) is 5.16. The minimum atomic E-state index is -2.97. The number of nitrogens with one attached hydrogen (secondary N) is 2. The van der Waals surface area contributed by atoms with Crippen molar-refractivity contribution in [1.29, 1.82) is 0 Å². The number of hydrogen-bond acceptors (Lipinski definition) is 9. The summed E-state index contributed by atoms with van der Waals surface area (Å²) in [5.41, 5.74) is 0.206. The Kier molecular flexibility index (Phi) is 8.67. The lowest BCUT2D eigenvalue weighted by atomic mass is 10.1. The summed E-state index contributed by atoms with van der Waals surface area (Å²) in [7, 11) is -2.61. The largest absolute Gasteiger partial charge is 0.414 e. The second-order valence-corrected chi connectivity index (χ2v) is 21.0. The predicted molar refractivity (Wildman–Crippen MR) is 155 cm³/mol. The van der Waals surface area contributed by atoms with E-state index in [0.29, 0.717) is 0 Å². The number of aromatic nitrogens is 4. The number of hydrogen-bond donors (Lipinski definition) is 3. The number of imidazole rings is 1. The van der Waals surface area contributed by atoms with E-state index in [0.717, 1.165) is 0 Å². The van der Waals surface area contributed by atoms with Crippen LogP contribution in [0.4, 0.5) is 10.7 Å². The monoisotopic (exact) mass is 596 g/mol. The molecule has 224 valence electrons. The second-order valence-electron chi connectivity index (χ2n) is 12.2. The van der Waals surface area contributed by atoms with Gasteiger partial charge in [-0.3, -0.25) is 19.7 Å². The van der Waals surface area contributed by atoms with Crippen molar-refractivity contribution < 1.29 is 27.6 Å². The number of aliphatic hydroxyl groups is 1. The number of H-pyrrole nitrogens is 1. The van der Waals surface area contributed by atoms with Crippen LogP contribution in [0.1, 0.15) is 61.6 Å². The molecule has 2 aliphatic rings. The van der Waals surface area contributed by atoms with Crippen molar-refractivity contribution in [1.82, 2.24) is 24.4 Å². The van der Waals surface area contributed by atoms with Gasteiger partial charge in [0, 0.05) is 14.1 Å². The Morgan fingerprint density at radius 2 is 1.70 bits per heavy atom. The van der Waals surface area contributed by atoms with Crippen LogP contribution >= 0.6 is 0 Å². The van der Waals surface area contributed by atoms with E-state index in [-0.39, 0.29) is 45.9 Å². The van der Waals surface area contributed by atoms with E-state index in [1.54, 1.807) is 14.1 Å². The topological polar surface area (TPSA) is 153 Å². The summed E-state index contributed by atoms with van der Waals surface area (Å²) in [5, 5.41) is 14.2. The van der Waals surface area contributed by atoms with E-state index >= 15 is 0 Å². The van der Waals surface area contributed by atoms with Gasteiger partial charge in [0.05, 0.1) is 12.9 Å². The van der Waals surface area contributed by atoms with Crippen LogP contribution < -0.4 is 10.9 Å². The molecule has 2 aliphatic heterocycles. The zero-order chi connectivity index (χ0) is 29.7. The molecule has 0 radical (unpaired) electrons. The van der Waals surface area contributed by atoms with Crippen LogP contribution in [0.5, 0.6) is 0 Å². The van der Waals surface area contributed by atoms with E-state index in [1.165, 1.54) is 15.8 Å². The molecule has 2 aromatic heterocycles. The Labute approximate surface area is 237 Å². The number of ether oxygens (including phenoxy) is 1. The highest BCUT2D eigenvalue weighted by Crippen LogP contribution is 2.48. The molecule has 4 rings (SSSR count). The zero-order valence-electron chi connectivity index (χ0n) is 25.1. The summed E-state index contributed by atoms with van der Waals surface area (Å²) in [6.45, 7) is 17.2. The number of carbonyl (C=O) groups is 1. The first kappa shape index (κ1) is 30.8. The maximum atomic E-state index is 12.7. The number of nitrogens with zero attached hydrogens (tertiary/aromatic N) is 4. The Hall–Kier alpha value is -2.15. The highest BCUT2D eigenvalue weighted by atomic mass is 28.5. The number of aromatic amines is 1. The van der Waals surface area contributed by atoms with Crippen molar-refractivity contribution in [3.63, 3.8) is 0 Å². The number of aliphatic hydroxyl groups excluding tert-OH is 1. The summed E-state index contributed by atoms with van der Waals surface area (Å²) in [4.78, 5) is 37.4. The van der Waals surface area contributed by atoms with Crippen molar-refractivity contribution in [3.05, 3.63) is 16.7 Å². The van der Waals surface area contributed by atoms with Crippen LogP contribution in [0.2, 0.25) is 22.2 Å². The van der Waals surface area contributed by atoms with Gasteiger partial charge in [-0.25, -0.2) is 9.78 Å². The summed E-state index contributed by atoms with van der Waals surface area (Å²) in [6.07, 6.45) is -1.96. The van der Waals surface area contributed by atoms with Gasteiger partial charge in [-0.2, -0.15) is 4.98 Å². The summed E-state index contributed by atoms with van der Waals surface area (Å²) in [5.74, 6) is -0.0415. The lowest BCUT2D eigenvalue weighted by Gasteiger charge is -2.51. The maximum Gasteiger partial charge on any atom is 0.335 e. The molecule has 4 heterocycles. The normalized spacial score (nSPS) is 26.4. The molecule has 0 aliphatic carbocycles. The van der Waals surface area contributed by atoms with Crippen LogP contribution in [0.15, 0.2) is 11.1 Å². The van der Waals surface area contributed by atoms with Crippen LogP contribution in [-0.4, -0.2) is 91.7 Å². The molecule has 0 bridgehead atoms. The van der Waals surface area contributed by atoms with Gasteiger partial charge in [0.15, 0.2) is 17.4 Å². The molecule has 2 saturated heterocycles. The zero-order valence-corrected chi connectivity index (χ0v) is 27.1. The summed E-state index contributed by atoms with van der Waals surface area (Å²) in [6, 6.07) is -0.457. The molecule has 0 saturated carbocycles. The number of anilines is 1. The molecule has 2 aromatic rings. The lowest BCUT2D eigenvalue weighted by Crippen LogP contribution is -2.65. The molecule has 40 heavy (non-hydrogen) atoms. The number of carbonyl (C=O) groups excluding carboxylic acids is 1. The molecular formula is C25H44N6O7Si2. The number of fused-ring (bicyclic) bond motifs is 2. The van der Waals surface area contributed by atoms with Crippen LogP contribution in [0.3, 0.4) is 0 Å². The van der Waals surface area contributed by atoms with Crippen LogP contribution in [0, 0.1) is 0 Å². The Morgan fingerprint density at radius 1 is 1.10 bits per heavy atom. The van der Waals surface area contributed by atoms with Crippen molar-refractivity contribution in [3.8, 4) is 0 Å². The third-order valence-electron chi connectivity index (χ3n) is 7.98. The van der Waals surface area contributed by atoms with Crippen LogP contribution in [-0.2, 0) is 17.7 Å². The van der Waals surface area contributed by atoms with Crippen molar-refractivity contribution in [2.24, 2.45) is 0 Å². The summed E-state index contributed by atoms with van der Waals surface area (Å²) < 4.78 is 28.9. The van der Waals surface area contributed by atoms with E-state index in [1.807, 2.05) is 0 Å². The number of rotatable bonds is 6. The Bertz CT molecular complexity index is 1260. The predicted octanol–water partition coefficient (Wildman–Crippen LogP) is 3.43. The molecule has 4 atom stereocenters. The van der Waals surface area contributed by atoms with Gasteiger partial charge in [-0.05, 0) is 22.2 Å². The van der Waals surface area contributed by atoms with E-state index in [9.17, 15) is 14.7 Å². The van der Waals surface area contributed by atoms with Gasteiger partial charge in [0.1, 0.15) is 18.3 Å².